The van der Waals surface area contributed by atoms with Crippen LogP contribution in [-0.4, -0.2) is 159 Å². The number of aliphatic imine (C=N–C) groups is 1. The van der Waals surface area contributed by atoms with E-state index >= 15 is 0 Å². The minimum Gasteiger partial charge on any atom is -0.496 e. The number of nitrogens with zero attached hydrogens (tertiary/aromatic N) is 24. The van der Waals surface area contributed by atoms with Gasteiger partial charge in [0.05, 0.1) is 187 Å². The number of aryl methyl sites for hydroxylation is 8. The minimum atomic E-state index is -0.696. The Balaban J connectivity index is 0.000000116. The van der Waals surface area contributed by atoms with Gasteiger partial charge < -0.3 is 23.7 Å². The van der Waals surface area contributed by atoms with Crippen LogP contribution in [0, 0.1) is 18.6 Å². The lowest BCUT2D eigenvalue weighted by molar-refractivity contribution is 0.411. The maximum Gasteiger partial charge on any atom is 0.334 e. The number of rotatable bonds is 15. The molecule has 0 saturated carbocycles. The van der Waals surface area contributed by atoms with E-state index in [4.69, 9.17) is 23.7 Å². The second-order valence-electron chi connectivity index (χ2n) is 28.4. The Morgan fingerprint density at radius 2 is 0.779 bits per heavy atom. The largest absolute Gasteiger partial charge is 0.496 e. The van der Waals surface area contributed by atoms with E-state index in [1.807, 2.05) is 123 Å². The molecule has 4 aromatic carbocycles. The smallest absolute Gasteiger partial charge is 0.334 e. The highest BCUT2D eigenvalue weighted by Gasteiger charge is 2.27. The van der Waals surface area contributed by atoms with Gasteiger partial charge in [-0.2, -0.15) is 15.3 Å². The number of fused-ring (bicyclic) bond motifs is 12. The second kappa shape index (κ2) is 31.8. The first-order valence-corrected chi connectivity index (χ1v) is 38.2. The highest BCUT2D eigenvalue weighted by Crippen LogP contribution is 2.42. The van der Waals surface area contributed by atoms with Crippen LogP contribution in [0.5, 0.6) is 28.7 Å². The van der Waals surface area contributed by atoms with E-state index in [0.29, 0.717) is 84.9 Å². The van der Waals surface area contributed by atoms with Crippen molar-refractivity contribution in [3.63, 3.8) is 0 Å². The topological polar surface area (TPSA) is 336 Å². The number of pyridine rings is 7. The summed E-state index contributed by atoms with van der Waals surface area (Å²) in [6.45, 7) is 8.16. The van der Waals surface area contributed by atoms with E-state index < -0.39 is 17.3 Å². The molecule has 15 aromatic heterocycles. The van der Waals surface area contributed by atoms with Crippen molar-refractivity contribution in [2.45, 2.75) is 33.9 Å². The molecular formula is C87H76F2N24O9. The quantitative estimate of drug-likeness (QED) is 0.0920. The number of methoxy groups -OCH3 is 5. The lowest BCUT2D eigenvalue weighted by Crippen LogP contribution is -2.22. The molecule has 0 unspecified atom stereocenters. The average Bonchev–Trinajstić information content (AvgIpc) is 1.57. The van der Waals surface area contributed by atoms with Gasteiger partial charge in [-0.25, -0.2) is 42.5 Å². The summed E-state index contributed by atoms with van der Waals surface area (Å²) < 4.78 is 74.5. The van der Waals surface area contributed by atoms with Crippen LogP contribution in [0.15, 0.2) is 209 Å². The van der Waals surface area contributed by atoms with Gasteiger partial charge in [0, 0.05) is 188 Å². The van der Waals surface area contributed by atoms with Crippen molar-refractivity contribution in [2.75, 3.05) is 42.1 Å². The summed E-state index contributed by atoms with van der Waals surface area (Å²) in [5, 5.41) is 16.0. The molecule has 35 heteroatoms. The zero-order valence-corrected chi connectivity index (χ0v) is 68.2. The van der Waals surface area contributed by atoms with E-state index in [-0.39, 0.29) is 28.6 Å². The molecule has 0 bridgehead atoms. The molecule has 0 spiro atoms. The van der Waals surface area contributed by atoms with Gasteiger partial charge in [-0.05, 0) is 68.8 Å². The van der Waals surface area contributed by atoms with Gasteiger partial charge in [0.25, 0.3) is 0 Å². The number of aromatic nitrogens is 23. The number of hydrogen-bond acceptors (Lipinski definition) is 22. The zero-order valence-electron chi connectivity index (χ0n) is 68.2. The Labute approximate surface area is 689 Å². The monoisotopic (exact) mass is 1640 g/mol. The zero-order chi connectivity index (χ0) is 85.2. The normalized spacial score (nSPS) is 11.9. The molecule has 0 amide bonds. The van der Waals surface area contributed by atoms with Gasteiger partial charge in [0.2, 0.25) is 0 Å². The van der Waals surface area contributed by atoms with Crippen molar-refractivity contribution in [2.24, 2.45) is 40.2 Å². The third kappa shape index (κ3) is 13.3. The number of imidazole rings is 4. The summed E-state index contributed by atoms with van der Waals surface area (Å²) >= 11 is 0. The Kier molecular flexibility index (Phi) is 20.5. The second-order valence-corrected chi connectivity index (χ2v) is 28.4. The number of ether oxygens (including phenoxy) is 5. The summed E-state index contributed by atoms with van der Waals surface area (Å²) in [6, 6.07) is 20.3. The van der Waals surface area contributed by atoms with Crippen molar-refractivity contribution in [3.8, 4) is 85.0 Å². The first-order valence-electron chi connectivity index (χ1n) is 38.2. The van der Waals surface area contributed by atoms with Gasteiger partial charge in [-0.15, -0.1) is 0 Å². The first kappa shape index (κ1) is 78.5. The molecule has 20 rings (SSSR count). The van der Waals surface area contributed by atoms with Crippen LogP contribution in [0.1, 0.15) is 25.0 Å². The molecule has 0 fully saturated rings. The molecule has 0 saturated heterocycles. The molecule has 33 nitrogen and oxygen atoms in total. The van der Waals surface area contributed by atoms with Crippen molar-refractivity contribution in [3.05, 3.63) is 249 Å². The fourth-order valence-electron chi connectivity index (χ4n) is 15.4. The first-order chi connectivity index (χ1) is 59.2. The van der Waals surface area contributed by atoms with Crippen molar-refractivity contribution < 1.29 is 32.5 Å². The summed E-state index contributed by atoms with van der Waals surface area (Å²) in [4.78, 5) is 94.8. The van der Waals surface area contributed by atoms with Crippen LogP contribution in [0.2, 0.25) is 0 Å². The van der Waals surface area contributed by atoms with Crippen molar-refractivity contribution >= 4 is 99.5 Å². The molecule has 1 aliphatic heterocycles. The van der Waals surface area contributed by atoms with E-state index in [0.717, 1.165) is 125 Å². The van der Waals surface area contributed by atoms with Gasteiger partial charge in [0.15, 0.2) is 23.2 Å². The molecule has 0 N–H and O–H groups in total. The molecule has 0 radical (unpaired) electrons. The van der Waals surface area contributed by atoms with Gasteiger partial charge in [0.1, 0.15) is 29.3 Å². The predicted octanol–water partition coefficient (Wildman–Crippen LogP) is 11.7. The van der Waals surface area contributed by atoms with E-state index in [1.54, 1.807) is 161 Å². The van der Waals surface area contributed by atoms with E-state index in [1.165, 1.54) is 36.9 Å². The summed E-state index contributed by atoms with van der Waals surface area (Å²) in [5.41, 5.74) is 16.3. The van der Waals surface area contributed by atoms with E-state index in [2.05, 4.69) is 65.1 Å². The Bertz CT molecular complexity index is 7530. The molecule has 122 heavy (non-hydrogen) atoms. The molecular weight excluding hydrogens is 1560 g/mol. The standard InChI is InChI=1S/C23H22N6O2.C22H19FN6O2.C22H19N5O3.C20H16FN7O2/c1-5-28-13-15(11-26-28)16-8-17-18(9-21(16)31-4)25-12-20-22(17)29(23(30)27(20)3)19-6-7-24-10-14(19)2;1-4-28-12-13(9-26-28)14-7-15-17(8-20(14)31-3)25-11-19-21(15)29(22(30)27(19)2)18-5-6-24-10-16(18)23;1-26-18-11-25-16-9-19(29-2)14(13-4-6-23-10-13)8-15(16)21(18)27(22(26)28)17-5-7-24-12-20(17)30-3;1-26-9-11(6-25-26)12-4-13-15(5-17(12)30-3)23-8-16-18(13)28(20(29)27(16)2)19-14(21)7-22-10-24-19/h6-13H,5H2,1-4H3;5-12H,4H2,1-3H3;4-5,7-12H,6H2,1-3H3;4-10H,1-3H3. The van der Waals surface area contributed by atoms with Gasteiger partial charge in [-0.3, -0.25) is 85.9 Å². The highest BCUT2D eigenvalue weighted by atomic mass is 19.1. The van der Waals surface area contributed by atoms with Crippen LogP contribution in [0.4, 0.5) is 8.78 Å². The number of halogens is 2. The molecule has 0 atom stereocenters. The lowest BCUT2D eigenvalue weighted by atomic mass is 10.0. The SMILES string of the molecule is CCn1cc(-c2cc3c(cc2OC)ncc2c3n(-c3ccncc3C)c(=O)n2C)cn1.CCn1cc(-c2cc3c(cc2OC)ncc2c3n(-c3ccncc3F)c(=O)n2C)cn1.COc1cc2ncc3c(c2cc1-c1cnn(C)c1)n(-c1ncncc1F)c(=O)n3C.COc1cc2ncc3c(c2cc1C1=CCN=C1)n(-c1ccncc1OC)c(=O)n3C. The fraction of sp³-hybridized carbons (Fsp3) is 0.184. The molecule has 612 valence electrons. The third-order valence-corrected chi connectivity index (χ3v) is 21.6. The maximum atomic E-state index is 14.6. The maximum absolute atomic E-state index is 14.6. The molecule has 16 heterocycles. The predicted molar refractivity (Wildman–Crippen MR) is 459 cm³/mol. The summed E-state index contributed by atoms with van der Waals surface area (Å²) in [7, 11) is 16.6. The lowest BCUT2D eigenvalue weighted by Gasteiger charge is -2.12. The van der Waals surface area contributed by atoms with Crippen LogP contribution in [0.3, 0.4) is 0 Å². The molecule has 0 aliphatic carbocycles. The van der Waals surface area contributed by atoms with Crippen LogP contribution in [-0.2, 0) is 48.3 Å². The molecule has 19 aromatic rings. The minimum absolute atomic E-state index is 0.119. The fourth-order valence-corrected chi connectivity index (χ4v) is 15.4. The third-order valence-electron chi connectivity index (χ3n) is 21.6. The van der Waals surface area contributed by atoms with Crippen LogP contribution in [0.25, 0.3) is 150 Å². The Morgan fingerprint density at radius 1 is 0.393 bits per heavy atom. The average molecular weight is 1640 g/mol. The summed E-state index contributed by atoms with van der Waals surface area (Å²) in [6.07, 6.45) is 33.1. The number of hydrogen-bond donors (Lipinski definition) is 0. The van der Waals surface area contributed by atoms with Gasteiger partial charge >= 0.3 is 22.8 Å². The Hall–Kier alpha value is -16.0. The number of allylic oxidation sites excluding steroid dienone is 1. The highest BCUT2D eigenvalue weighted by molar-refractivity contribution is 6.15. The van der Waals surface area contributed by atoms with E-state index in [9.17, 15) is 28.0 Å². The summed E-state index contributed by atoms with van der Waals surface area (Å²) in [5.74, 6) is 1.77. The van der Waals surface area contributed by atoms with Crippen LogP contribution < -0.4 is 46.4 Å². The van der Waals surface area contributed by atoms with Crippen molar-refractivity contribution in [1.82, 2.24) is 111 Å². The van der Waals surface area contributed by atoms with Crippen molar-refractivity contribution in [1.29, 1.82) is 0 Å². The van der Waals surface area contributed by atoms with Gasteiger partial charge in [-0.1, -0.05) is 6.08 Å². The van der Waals surface area contributed by atoms with Crippen LogP contribution >= 0.6 is 0 Å². The molecule has 1 aliphatic rings. The number of benzene rings is 4. The Morgan fingerprint density at radius 3 is 1.19 bits per heavy atom.